The number of nitrogens with one attached hydrogen (secondary N) is 1. The third-order valence-corrected chi connectivity index (χ3v) is 4.90. The van der Waals surface area contributed by atoms with E-state index in [9.17, 15) is 14.4 Å². The Hall–Kier alpha value is -2.83. The maximum absolute atomic E-state index is 12.7. The van der Waals surface area contributed by atoms with Gasteiger partial charge in [0.2, 0.25) is 5.91 Å². The molecule has 0 unspecified atom stereocenters. The molecular weight excluding hydrogens is 358 g/mol. The van der Waals surface area contributed by atoms with Crippen molar-refractivity contribution >= 4 is 23.6 Å². The third kappa shape index (κ3) is 4.35. The molecule has 0 aromatic heterocycles. The molecule has 0 saturated carbocycles. The van der Waals surface area contributed by atoms with Gasteiger partial charge in [0.05, 0.1) is 0 Å². The van der Waals surface area contributed by atoms with Crippen LogP contribution in [0.5, 0.6) is 0 Å². The summed E-state index contributed by atoms with van der Waals surface area (Å²) in [5.74, 6) is -0.298. The average molecular weight is 385 g/mol. The Labute approximate surface area is 165 Å². The monoisotopic (exact) mass is 385 g/mol. The summed E-state index contributed by atoms with van der Waals surface area (Å²) in [4.78, 5) is 40.3. The molecule has 1 saturated heterocycles. The van der Waals surface area contributed by atoms with Crippen LogP contribution in [-0.4, -0.2) is 59.0 Å². The molecule has 150 valence electrons. The van der Waals surface area contributed by atoms with Gasteiger partial charge in [0.25, 0.3) is 5.91 Å². The van der Waals surface area contributed by atoms with Gasteiger partial charge < -0.3 is 15.0 Å². The molecule has 1 aromatic carbocycles. The lowest BCUT2D eigenvalue weighted by Crippen LogP contribution is -2.49. The standard InChI is InChI=1S/C21H27N3O4/c1-14-16-7-5-6-8-17(16)19(26)24(14)13-18(25)23-11-9-15(10-12-23)22-20(27)28-21(2,3)4/h5-8,15H,1,9-13H2,2-4H3,(H,22,27). The summed E-state index contributed by atoms with van der Waals surface area (Å²) in [5, 5.41) is 2.86. The molecule has 7 nitrogen and oxygen atoms in total. The molecule has 2 heterocycles. The summed E-state index contributed by atoms with van der Waals surface area (Å²) in [6.07, 6.45) is 0.870. The summed E-state index contributed by atoms with van der Waals surface area (Å²) >= 11 is 0. The second-order valence-corrected chi connectivity index (χ2v) is 8.18. The Morgan fingerprint density at radius 2 is 1.79 bits per heavy atom. The fourth-order valence-corrected chi connectivity index (χ4v) is 3.48. The summed E-state index contributed by atoms with van der Waals surface area (Å²) in [6, 6.07) is 7.23. The number of carbonyl (C=O) groups is 3. The number of alkyl carbamates (subject to hydrolysis) is 1. The summed E-state index contributed by atoms with van der Waals surface area (Å²) in [6.45, 7) is 10.5. The number of amides is 3. The first-order valence-electron chi connectivity index (χ1n) is 9.53. The van der Waals surface area contributed by atoms with Crippen molar-refractivity contribution in [2.75, 3.05) is 19.6 Å². The second kappa shape index (κ2) is 7.66. The van der Waals surface area contributed by atoms with Crippen molar-refractivity contribution in [2.45, 2.75) is 45.3 Å². The molecule has 1 N–H and O–H groups in total. The lowest BCUT2D eigenvalue weighted by Gasteiger charge is -2.33. The highest BCUT2D eigenvalue weighted by Crippen LogP contribution is 2.31. The van der Waals surface area contributed by atoms with Crippen molar-refractivity contribution < 1.29 is 19.1 Å². The molecule has 0 aliphatic carbocycles. The lowest BCUT2D eigenvalue weighted by atomic mass is 10.1. The van der Waals surface area contributed by atoms with Crippen molar-refractivity contribution in [2.24, 2.45) is 0 Å². The average Bonchev–Trinajstić information content (AvgIpc) is 2.86. The Bertz CT molecular complexity index is 769. The first-order chi connectivity index (χ1) is 13.2. The normalized spacial score (nSPS) is 17.5. The van der Waals surface area contributed by atoms with E-state index in [1.807, 2.05) is 32.9 Å². The quantitative estimate of drug-likeness (QED) is 0.868. The minimum absolute atomic E-state index is 0.0174. The number of likely N-dealkylation sites (tertiary alicyclic amines) is 1. The molecule has 0 radical (unpaired) electrons. The fraction of sp³-hybridized carbons (Fsp3) is 0.476. The number of carbonyl (C=O) groups excluding carboxylic acids is 3. The van der Waals surface area contributed by atoms with Gasteiger partial charge in [0.15, 0.2) is 0 Å². The number of benzene rings is 1. The first-order valence-corrected chi connectivity index (χ1v) is 9.53. The van der Waals surface area contributed by atoms with Gasteiger partial charge in [-0.2, -0.15) is 0 Å². The van der Waals surface area contributed by atoms with Gasteiger partial charge in [-0.3, -0.25) is 14.5 Å². The van der Waals surface area contributed by atoms with Gasteiger partial charge in [-0.15, -0.1) is 0 Å². The van der Waals surface area contributed by atoms with Crippen molar-refractivity contribution in [3.05, 3.63) is 42.0 Å². The topological polar surface area (TPSA) is 79.0 Å². The zero-order chi connectivity index (χ0) is 20.5. The van der Waals surface area contributed by atoms with E-state index < -0.39 is 11.7 Å². The maximum Gasteiger partial charge on any atom is 0.407 e. The van der Waals surface area contributed by atoms with Crippen LogP contribution < -0.4 is 5.32 Å². The SMILES string of the molecule is C=C1c2ccccc2C(=O)N1CC(=O)N1CCC(NC(=O)OC(C)(C)C)CC1. The van der Waals surface area contributed by atoms with E-state index in [0.29, 0.717) is 37.2 Å². The van der Waals surface area contributed by atoms with Gasteiger partial charge >= 0.3 is 6.09 Å². The molecule has 0 spiro atoms. The van der Waals surface area contributed by atoms with Crippen LogP contribution in [0.15, 0.2) is 30.8 Å². The number of rotatable bonds is 3. The molecule has 0 bridgehead atoms. The zero-order valence-electron chi connectivity index (χ0n) is 16.7. The van der Waals surface area contributed by atoms with Crippen molar-refractivity contribution in [1.82, 2.24) is 15.1 Å². The van der Waals surface area contributed by atoms with E-state index in [-0.39, 0.29) is 24.4 Å². The highest BCUT2D eigenvalue weighted by atomic mass is 16.6. The summed E-state index contributed by atoms with van der Waals surface area (Å²) < 4.78 is 5.27. The Morgan fingerprint density at radius 3 is 2.36 bits per heavy atom. The molecule has 3 rings (SSSR count). The molecule has 2 aliphatic heterocycles. The number of piperidine rings is 1. The van der Waals surface area contributed by atoms with Crippen LogP contribution in [0.25, 0.3) is 5.70 Å². The fourth-order valence-electron chi connectivity index (χ4n) is 3.48. The minimum Gasteiger partial charge on any atom is -0.444 e. The van der Waals surface area contributed by atoms with Gasteiger partial charge in [-0.05, 0) is 39.7 Å². The number of hydrogen-bond donors (Lipinski definition) is 1. The van der Waals surface area contributed by atoms with E-state index in [1.54, 1.807) is 17.0 Å². The van der Waals surface area contributed by atoms with E-state index >= 15 is 0 Å². The number of fused-ring (bicyclic) bond motifs is 1. The Morgan fingerprint density at radius 1 is 1.18 bits per heavy atom. The molecule has 1 aromatic rings. The Kier molecular flexibility index (Phi) is 5.45. The second-order valence-electron chi connectivity index (χ2n) is 8.18. The lowest BCUT2D eigenvalue weighted by molar-refractivity contribution is -0.132. The molecule has 7 heteroatoms. The predicted octanol–water partition coefficient (Wildman–Crippen LogP) is 2.63. The van der Waals surface area contributed by atoms with E-state index in [4.69, 9.17) is 4.74 Å². The number of ether oxygens (including phenoxy) is 1. The van der Waals surface area contributed by atoms with Crippen LogP contribution in [0.3, 0.4) is 0 Å². The molecule has 1 fully saturated rings. The van der Waals surface area contributed by atoms with Gasteiger partial charge in [0.1, 0.15) is 12.1 Å². The van der Waals surface area contributed by atoms with Crippen LogP contribution in [0.1, 0.15) is 49.5 Å². The summed E-state index contributed by atoms with van der Waals surface area (Å²) in [7, 11) is 0. The van der Waals surface area contributed by atoms with Crippen LogP contribution in [0.2, 0.25) is 0 Å². The van der Waals surface area contributed by atoms with Crippen molar-refractivity contribution in [3.63, 3.8) is 0 Å². The zero-order valence-corrected chi connectivity index (χ0v) is 16.7. The van der Waals surface area contributed by atoms with Gasteiger partial charge in [-0.25, -0.2) is 4.79 Å². The van der Waals surface area contributed by atoms with E-state index in [1.165, 1.54) is 4.90 Å². The largest absolute Gasteiger partial charge is 0.444 e. The van der Waals surface area contributed by atoms with Crippen molar-refractivity contribution in [3.8, 4) is 0 Å². The summed E-state index contributed by atoms with van der Waals surface area (Å²) in [5.41, 5.74) is 1.39. The van der Waals surface area contributed by atoms with Gasteiger partial charge in [-0.1, -0.05) is 24.8 Å². The van der Waals surface area contributed by atoms with E-state index in [2.05, 4.69) is 11.9 Å². The predicted molar refractivity (Wildman–Crippen MR) is 105 cm³/mol. The highest BCUT2D eigenvalue weighted by molar-refractivity contribution is 6.10. The molecular formula is C21H27N3O4. The molecule has 2 aliphatic rings. The Balaban J connectivity index is 1.51. The molecule has 3 amide bonds. The highest BCUT2D eigenvalue weighted by Gasteiger charge is 2.34. The first kappa shape index (κ1) is 19.9. The molecule has 28 heavy (non-hydrogen) atoms. The van der Waals surface area contributed by atoms with E-state index in [0.717, 1.165) is 5.56 Å². The third-order valence-electron chi connectivity index (χ3n) is 4.90. The smallest absolute Gasteiger partial charge is 0.407 e. The van der Waals surface area contributed by atoms with Crippen LogP contribution >= 0.6 is 0 Å². The number of nitrogens with zero attached hydrogens (tertiary/aromatic N) is 2. The number of hydrogen-bond acceptors (Lipinski definition) is 4. The van der Waals surface area contributed by atoms with Crippen LogP contribution in [-0.2, 0) is 9.53 Å². The van der Waals surface area contributed by atoms with Crippen molar-refractivity contribution in [1.29, 1.82) is 0 Å². The van der Waals surface area contributed by atoms with Crippen LogP contribution in [0.4, 0.5) is 4.79 Å². The van der Waals surface area contributed by atoms with Crippen LogP contribution in [0, 0.1) is 0 Å². The minimum atomic E-state index is -0.539. The molecule has 0 atom stereocenters. The maximum atomic E-state index is 12.7. The van der Waals surface area contributed by atoms with Gasteiger partial charge in [0, 0.05) is 36.0 Å².